The van der Waals surface area contributed by atoms with Crippen molar-refractivity contribution < 1.29 is 9.21 Å². The van der Waals surface area contributed by atoms with Crippen molar-refractivity contribution in [2.24, 2.45) is 5.92 Å². The summed E-state index contributed by atoms with van der Waals surface area (Å²) in [6.45, 7) is 1.97. The van der Waals surface area contributed by atoms with Crippen LogP contribution in [-0.2, 0) is 6.42 Å². The predicted octanol–water partition coefficient (Wildman–Crippen LogP) is 2.04. The lowest BCUT2D eigenvalue weighted by Crippen LogP contribution is -2.18. The van der Waals surface area contributed by atoms with Crippen LogP contribution in [0.15, 0.2) is 16.9 Å². The van der Waals surface area contributed by atoms with Gasteiger partial charge < -0.3 is 4.42 Å². The Morgan fingerprint density at radius 1 is 1.55 bits per heavy atom. The summed E-state index contributed by atoms with van der Waals surface area (Å²) in [6.07, 6.45) is 5.19. The van der Waals surface area contributed by atoms with Crippen molar-refractivity contribution in [2.45, 2.75) is 19.8 Å². The molecule has 0 N–H and O–H groups in total. The number of furan rings is 1. The molecule has 1 aromatic heterocycles. The van der Waals surface area contributed by atoms with Crippen LogP contribution in [0, 0.1) is 5.92 Å². The number of hydrogen-bond donors (Lipinski definition) is 0. The van der Waals surface area contributed by atoms with E-state index in [0.717, 1.165) is 24.0 Å². The van der Waals surface area contributed by atoms with Crippen LogP contribution in [-0.4, -0.2) is 5.78 Å². The number of carbonyl (C=O) groups is 1. The monoisotopic (exact) mass is 150 g/mol. The molecule has 1 unspecified atom stereocenters. The molecule has 0 radical (unpaired) electrons. The zero-order chi connectivity index (χ0) is 7.84. The maximum atomic E-state index is 11.4. The Kier molecular flexibility index (Phi) is 1.34. The van der Waals surface area contributed by atoms with E-state index in [1.54, 1.807) is 12.5 Å². The SMILES string of the molecule is CC1CCc2cocc2C1=O. The van der Waals surface area contributed by atoms with E-state index in [1.165, 1.54) is 0 Å². The fraction of sp³-hybridized carbons (Fsp3) is 0.444. The summed E-state index contributed by atoms with van der Waals surface area (Å²) >= 11 is 0. The first-order valence-corrected chi connectivity index (χ1v) is 3.88. The number of fused-ring (bicyclic) bond motifs is 1. The van der Waals surface area contributed by atoms with E-state index in [1.807, 2.05) is 6.92 Å². The molecule has 11 heavy (non-hydrogen) atoms. The van der Waals surface area contributed by atoms with E-state index >= 15 is 0 Å². The standard InChI is InChI=1S/C9H10O2/c1-6-2-3-7-4-11-5-8(7)9(6)10/h4-6H,2-3H2,1H3. The summed E-state index contributed by atoms with van der Waals surface area (Å²) in [5.74, 6) is 0.417. The van der Waals surface area contributed by atoms with Crippen LogP contribution in [0.25, 0.3) is 0 Å². The Balaban J connectivity index is 2.46. The van der Waals surface area contributed by atoms with Gasteiger partial charge in [0.1, 0.15) is 6.26 Å². The highest BCUT2D eigenvalue weighted by atomic mass is 16.3. The van der Waals surface area contributed by atoms with Gasteiger partial charge in [0.05, 0.1) is 11.8 Å². The first-order chi connectivity index (χ1) is 5.29. The second-order valence-electron chi connectivity index (χ2n) is 3.11. The van der Waals surface area contributed by atoms with Crippen molar-refractivity contribution in [3.8, 4) is 0 Å². The number of aryl methyl sites for hydroxylation is 1. The molecule has 0 aromatic carbocycles. The van der Waals surface area contributed by atoms with Gasteiger partial charge >= 0.3 is 0 Å². The van der Waals surface area contributed by atoms with Gasteiger partial charge in [0.2, 0.25) is 0 Å². The third-order valence-corrected chi connectivity index (χ3v) is 2.30. The number of rotatable bonds is 0. The lowest BCUT2D eigenvalue weighted by molar-refractivity contribution is 0.0914. The largest absolute Gasteiger partial charge is 0.472 e. The molecule has 1 heterocycles. The molecule has 1 aromatic rings. The van der Waals surface area contributed by atoms with Crippen LogP contribution in [0.3, 0.4) is 0 Å². The van der Waals surface area contributed by atoms with Gasteiger partial charge in [-0.25, -0.2) is 0 Å². The Hall–Kier alpha value is -1.05. The van der Waals surface area contributed by atoms with Crippen LogP contribution < -0.4 is 0 Å². The summed E-state index contributed by atoms with van der Waals surface area (Å²) in [6, 6.07) is 0. The molecule has 0 spiro atoms. The fourth-order valence-electron chi connectivity index (χ4n) is 1.50. The molecule has 0 fully saturated rings. The maximum absolute atomic E-state index is 11.4. The lowest BCUT2D eigenvalue weighted by atomic mass is 9.86. The van der Waals surface area contributed by atoms with E-state index in [4.69, 9.17) is 4.42 Å². The van der Waals surface area contributed by atoms with E-state index in [9.17, 15) is 4.79 Å². The molecule has 0 amide bonds. The molecule has 1 aliphatic rings. The predicted molar refractivity (Wildman–Crippen MR) is 40.5 cm³/mol. The molecule has 0 bridgehead atoms. The fourth-order valence-corrected chi connectivity index (χ4v) is 1.50. The molecule has 1 atom stereocenters. The summed E-state index contributed by atoms with van der Waals surface area (Å²) < 4.78 is 4.97. The van der Waals surface area contributed by atoms with Crippen molar-refractivity contribution in [3.05, 3.63) is 23.7 Å². The van der Waals surface area contributed by atoms with Gasteiger partial charge in [-0.2, -0.15) is 0 Å². The van der Waals surface area contributed by atoms with Crippen molar-refractivity contribution in [3.63, 3.8) is 0 Å². The Labute approximate surface area is 65.2 Å². The van der Waals surface area contributed by atoms with Crippen LogP contribution in [0.1, 0.15) is 29.3 Å². The highest BCUT2D eigenvalue weighted by molar-refractivity contribution is 5.99. The average Bonchev–Trinajstić information content (AvgIpc) is 2.45. The third kappa shape index (κ3) is 0.897. The molecule has 2 heteroatoms. The van der Waals surface area contributed by atoms with Crippen molar-refractivity contribution in [1.29, 1.82) is 0 Å². The van der Waals surface area contributed by atoms with E-state index in [0.29, 0.717) is 0 Å². The zero-order valence-electron chi connectivity index (χ0n) is 6.46. The van der Waals surface area contributed by atoms with Gasteiger partial charge in [-0.1, -0.05) is 6.92 Å². The molecular weight excluding hydrogens is 140 g/mol. The number of carbonyl (C=O) groups excluding carboxylic acids is 1. The zero-order valence-corrected chi connectivity index (χ0v) is 6.46. The normalized spacial score (nSPS) is 23.4. The number of Topliss-reactive ketones (excluding diaryl/α,β-unsaturated/α-hetero) is 1. The molecular formula is C9H10O2. The van der Waals surface area contributed by atoms with Gasteiger partial charge in [0.15, 0.2) is 5.78 Å². The lowest BCUT2D eigenvalue weighted by Gasteiger charge is -2.14. The summed E-state index contributed by atoms with van der Waals surface area (Å²) in [7, 11) is 0. The first kappa shape index (κ1) is 6.65. The van der Waals surface area contributed by atoms with Crippen molar-refractivity contribution in [2.75, 3.05) is 0 Å². The van der Waals surface area contributed by atoms with Crippen molar-refractivity contribution in [1.82, 2.24) is 0 Å². The van der Waals surface area contributed by atoms with Gasteiger partial charge in [0.25, 0.3) is 0 Å². The second kappa shape index (κ2) is 2.22. The molecule has 0 aliphatic heterocycles. The van der Waals surface area contributed by atoms with E-state index in [2.05, 4.69) is 0 Å². The quantitative estimate of drug-likeness (QED) is 0.566. The van der Waals surface area contributed by atoms with Crippen LogP contribution in [0.5, 0.6) is 0 Å². The Morgan fingerprint density at radius 2 is 2.36 bits per heavy atom. The highest BCUT2D eigenvalue weighted by Gasteiger charge is 2.24. The summed E-state index contributed by atoms with van der Waals surface area (Å²) in [5.41, 5.74) is 1.87. The van der Waals surface area contributed by atoms with Crippen molar-refractivity contribution >= 4 is 5.78 Å². The van der Waals surface area contributed by atoms with E-state index < -0.39 is 0 Å². The van der Waals surface area contributed by atoms with Crippen LogP contribution in [0.2, 0.25) is 0 Å². The average molecular weight is 150 g/mol. The first-order valence-electron chi connectivity index (χ1n) is 3.88. The third-order valence-electron chi connectivity index (χ3n) is 2.30. The molecule has 1 aliphatic carbocycles. The maximum Gasteiger partial charge on any atom is 0.169 e. The molecule has 0 saturated carbocycles. The van der Waals surface area contributed by atoms with Gasteiger partial charge in [-0.3, -0.25) is 4.79 Å². The minimum absolute atomic E-state index is 0.181. The minimum atomic E-state index is 0.181. The van der Waals surface area contributed by atoms with Gasteiger partial charge in [-0.05, 0) is 12.8 Å². The topological polar surface area (TPSA) is 30.2 Å². The minimum Gasteiger partial charge on any atom is -0.472 e. The van der Waals surface area contributed by atoms with E-state index in [-0.39, 0.29) is 11.7 Å². The summed E-state index contributed by atoms with van der Waals surface area (Å²) in [5, 5.41) is 0. The molecule has 0 saturated heterocycles. The number of hydrogen-bond acceptors (Lipinski definition) is 2. The molecule has 2 nitrogen and oxygen atoms in total. The van der Waals surface area contributed by atoms with Crippen LogP contribution >= 0.6 is 0 Å². The highest BCUT2D eigenvalue weighted by Crippen LogP contribution is 2.25. The smallest absolute Gasteiger partial charge is 0.169 e. The van der Waals surface area contributed by atoms with Crippen LogP contribution in [0.4, 0.5) is 0 Å². The second-order valence-corrected chi connectivity index (χ2v) is 3.11. The number of ketones is 1. The molecule has 58 valence electrons. The Bertz CT molecular complexity index is 286. The Morgan fingerprint density at radius 3 is 3.18 bits per heavy atom. The van der Waals surface area contributed by atoms with Gasteiger partial charge in [0, 0.05) is 11.5 Å². The molecule has 2 rings (SSSR count). The van der Waals surface area contributed by atoms with Gasteiger partial charge in [-0.15, -0.1) is 0 Å². The summed E-state index contributed by atoms with van der Waals surface area (Å²) in [4.78, 5) is 11.4.